The van der Waals surface area contributed by atoms with Crippen LogP contribution in [0.15, 0.2) is 0 Å². The summed E-state index contributed by atoms with van der Waals surface area (Å²) in [6.45, 7) is -0.270. The highest BCUT2D eigenvalue weighted by Crippen LogP contribution is 2.34. The summed E-state index contributed by atoms with van der Waals surface area (Å²) in [6, 6.07) is -4.04. The molecule has 246 valence electrons. The molecular weight excluding hydrogens is 584 g/mol. The van der Waals surface area contributed by atoms with Crippen LogP contribution in [0.4, 0.5) is 0 Å². The minimum atomic E-state index is -1.49. The normalized spacial score (nSPS) is 53.8. The van der Waals surface area contributed by atoms with E-state index in [-0.39, 0.29) is 25.3 Å². The molecule has 4 rings (SSSR count). The fourth-order valence-electron chi connectivity index (χ4n) is 5.74. The highest BCUT2D eigenvalue weighted by atomic mass is 32.1. The Balaban J connectivity index is 1.50. The number of aliphatic hydroxyl groups excluding tert-OH is 6. The molecule has 0 spiro atoms. The maximum atomic E-state index is 11.2. The van der Waals surface area contributed by atoms with Crippen molar-refractivity contribution in [3.8, 4) is 0 Å². The maximum absolute atomic E-state index is 11.2. The van der Waals surface area contributed by atoms with Crippen LogP contribution in [0.5, 0.6) is 0 Å². The lowest BCUT2D eigenvalue weighted by Crippen LogP contribution is -2.68. The van der Waals surface area contributed by atoms with Crippen molar-refractivity contribution in [3.05, 3.63) is 0 Å². The van der Waals surface area contributed by atoms with Gasteiger partial charge in [0.25, 0.3) is 0 Å². The average Bonchev–Trinajstić information content (AvgIpc) is 3.27. The van der Waals surface area contributed by atoms with E-state index in [0.29, 0.717) is 0 Å². The van der Waals surface area contributed by atoms with Gasteiger partial charge in [0.05, 0.1) is 24.3 Å². The van der Waals surface area contributed by atoms with Crippen molar-refractivity contribution in [3.63, 3.8) is 0 Å². The van der Waals surface area contributed by atoms with E-state index in [2.05, 4.69) is 12.6 Å². The second kappa shape index (κ2) is 14.4. The summed E-state index contributed by atoms with van der Waals surface area (Å²) in [5.74, 6) is 0.0483. The van der Waals surface area contributed by atoms with Gasteiger partial charge in [-0.2, -0.15) is 12.6 Å². The summed E-state index contributed by atoms with van der Waals surface area (Å²) < 4.78 is 35.1. The first-order chi connectivity index (χ1) is 19.8. The number of hydrogen-bond acceptors (Lipinski definition) is 19. The first kappa shape index (κ1) is 34.5. The van der Waals surface area contributed by atoms with Crippen molar-refractivity contribution < 1.29 is 59.1 Å². The van der Waals surface area contributed by atoms with Crippen molar-refractivity contribution in [2.45, 2.75) is 123 Å². The molecule has 0 aromatic carbocycles. The lowest BCUT2D eigenvalue weighted by Gasteiger charge is -2.47. The summed E-state index contributed by atoms with van der Waals surface area (Å²) in [6.07, 6.45) is -18.6. The monoisotopic (exact) mass is 630 g/mol. The van der Waals surface area contributed by atoms with Gasteiger partial charge in [0, 0.05) is 30.9 Å². The standard InChI is InChI=1S/C23H46N6O12S/c24-2-7-13(31)15(33)10(28)21(36-7)39-18-6(27)1-5(26)12(30)20(18)41-23-17(35)19(9(4-42)38-23)40-22-11(29)16(34)14(32)8(3-25)37-22/h5-23,30-35,42H,1-4,24-29H2/t5-,6+,7-,8+,9-,10-,11-,12+,13-,14-,15-,16-,17-,18-,19-,20-,21-,22-,23+/m1/s1. The molecule has 0 aromatic rings. The van der Waals surface area contributed by atoms with Gasteiger partial charge in [0.2, 0.25) is 0 Å². The van der Waals surface area contributed by atoms with Crippen molar-refractivity contribution in [2.75, 3.05) is 18.8 Å². The largest absolute Gasteiger partial charge is 0.389 e. The third-order valence-corrected chi connectivity index (χ3v) is 8.73. The van der Waals surface area contributed by atoms with Crippen LogP contribution < -0.4 is 34.4 Å². The Labute approximate surface area is 247 Å². The van der Waals surface area contributed by atoms with E-state index in [9.17, 15) is 30.6 Å². The Morgan fingerprint density at radius 3 is 1.48 bits per heavy atom. The van der Waals surface area contributed by atoms with Crippen LogP contribution in [-0.4, -0.2) is 166 Å². The molecule has 4 aliphatic rings. The average molecular weight is 631 g/mol. The molecule has 4 fully saturated rings. The zero-order valence-corrected chi connectivity index (χ0v) is 23.7. The third kappa shape index (κ3) is 6.75. The van der Waals surface area contributed by atoms with E-state index in [1.807, 2.05) is 0 Å². The van der Waals surface area contributed by atoms with Gasteiger partial charge < -0.3 is 93.5 Å². The van der Waals surface area contributed by atoms with Gasteiger partial charge in [0.1, 0.15) is 61.0 Å². The summed E-state index contributed by atoms with van der Waals surface area (Å²) in [5.41, 5.74) is 35.8. The number of rotatable bonds is 9. The smallest absolute Gasteiger partial charge is 0.187 e. The SMILES string of the molecule is NC[C@@H]1O[C@H](O[C@H]2[C@@H](O)[C@H](O[C@@H]3[C@@H](O)[C@H](N)C[C@H](N)[C@H]3O[C@H]3O[C@H](CN)[C@@H](O)[C@H](O)[C@H]3N)O[C@@H]2CS)[C@H](N)[C@@H](O)[C@@H]1O. The predicted molar refractivity (Wildman–Crippen MR) is 145 cm³/mol. The van der Waals surface area contributed by atoms with Gasteiger partial charge >= 0.3 is 0 Å². The Kier molecular flexibility index (Phi) is 11.8. The van der Waals surface area contributed by atoms with Crippen molar-refractivity contribution in [2.24, 2.45) is 34.4 Å². The van der Waals surface area contributed by atoms with Gasteiger partial charge in [-0.3, -0.25) is 0 Å². The lowest BCUT2D eigenvalue weighted by atomic mass is 9.84. The fraction of sp³-hybridized carbons (Fsp3) is 1.00. The molecule has 3 heterocycles. The van der Waals surface area contributed by atoms with Crippen molar-refractivity contribution >= 4 is 12.6 Å². The molecule has 3 saturated heterocycles. The van der Waals surface area contributed by atoms with Crippen LogP contribution in [0.3, 0.4) is 0 Å². The molecule has 19 heteroatoms. The molecule has 0 radical (unpaired) electrons. The lowest BCUT2D eigenvalue weighted by molar-refractivity contribution is -0.306. The molecule has 0 bridgehead atoms. The minimum Gasteiger partial charge on any atom is -0.389 e. The molecule has 42 heavy (non-hydrogen) atoms. The highest BCUT2D eigenvalue weighted by molar-refractivity contribution is 7.80. The number of aliphatic hydroxyl groups is 6. The van der Waals surface area contributed by atoms with Crippen molar-refractivity contribution in [1.29, 1.82) is 0 Å². The maximum Gasteiger partial charge on any atom is 0.187 e. The molecule has 0 aromatic heterocycles. The number of nitrogens with two attached hydrogens (primary N) is 6. The molecule has 19 atom stereocenters. The van der Waals surface area contributed by atoms with Gasteiger partial charge in [-0.1, -0.05) is 0 Å². The van der Waals surface area contributed by atoms with Gasteiger partial charge in [-0.05, 0) is 6.42 Å². The molecule has 0 amide bonds. The van der Waals surface area contributed by atoms with E-state index < -0.39 is 116 Å². The van der Waals surface area contributed by atoms with Crippen LogP contribution >= 0.6 is 12.6 Å². The molecule has 1 aliphatic carbocycles. The molecule has 0 unspecified atom stereocenters. The van der Waals surface area contributed by atoms with E-state index in [4.69, 9.17) is 62.8 Å². The van der Waals surface area contributed by atoms with Crippen LogP contribution in [0.2, 0.25) is 0 Å². The summed E-state index contributed by atoms with van der Waals surface area (Å²) in [5, 5.41) is 63.2. The second-order valence-electron chi connectivity index (χ2n) is 11.2. The zero-order chi connectivity index (χ0) is 31.0. The molecule has 1 saturated carbocycles. The van der Waals surface area contributed by atoms with Crippen LogP contribution in [0, 0.1) is 0 Å². The Morgan fingerprint density at radius 1 is 0.548 bits per heavy atom. The summed E-state index contributed by atoms with van der Waals surface area (Å²) in [7, 11) is 0. The molecule has 3 aliphatic heterocycles. The molecular formula is C23H46N6O12S. The van der Waals surface area contributed by atoms with Crippen LogP contribution in [0.1, 0.15) is 6.42 Å². The van der Waals surface area contributed by atoms with Gasteiger partial charge in [0.15, 0.2) is 18.9 Å². The predicted octanol–water partition coefficient (Wildman–Crippen LogP) is -7.96. The number of ether oxygens (including phenoxy) is 6. The topological polar surface area (TPSA) is 333 Å². The van der Waals surface area contributed by atoms with E-state index >= 15 is 0 Å². The van der Waals surface area contributed by atoms with Gasteiger partial charge in [-0.25, -0.2) is 0 Å². The summed E-state index contributed by atoms with van der Waals surface area (Å²) in [4.78, 5) is 0. The number of hydrogen-bond donors (Lipinski definition) is 13. The Hall–Kier alpha value is -0.370. The Bertz CT molecular complexity index is 873. The summed E-state index contributed by atoms with van der Waals surface area (Å²) >= 11 is 4.27. The first-order valence-corrected chi connectivity index (χ1v) is 14.5. The van der Waals surface area contributed by atoms with Gasteiger partial charge in [-0.15, -0.1) is 0 Å². The third-order valence-electron chi connectivity index (χ3n) is 8.37. The minimum absolute atomic E-state index is 0.0483. The van der Waals surface area contributed by atoms with Crippen LogP contribution in [-0.2, 0) is 28.4 Å². The quantitative estimate of drug-likeness (QED) is 0.105. The van der Waals surface area contributed by atoms with Crippen LogP contribution in [0.25, 0.3) is 0 Å². The fourth-order valence-corrected chi connectivity index (χ4v) is 6.04. The first-order valence-electron chi connectivity index (χ1n) is 13.9. The second-order valence-corrected chi connectivity index (χ2v) is 11.6. The number of thiol groups is 1. The molecule has 18 nitrogen and oxygen atoms in total. The van der Waals surface area contributed by atoms with E-state index in [1.54, 1.807) is 0 Å². The van der Waals surface area contributed by atoms with E-state index in [1.165, 1.54) is 0 Å². The van der Waals surface area contributed by atoms with Crippen molar-refractivity contribution in [1.82, 2.24) is 0 Å². The zero-order valence-electron chi connectivity index (χ0n) is 22.8. The highest BCUT2D eigenvalue weighted by Gasteiger charge is 2.54. The van der Waals surface area contributed by atoms with E-state index in [0.717, 1.165) is 0 Å². The molecule has 18 N–H and O–H groups in total. The Morgan fingerprint density at radius 2 is 1.00 bits per heavy atom.